The number of ether oxygens (including phenoxy) is 1. The first-order valence-corrected chi connectivity index (χ1v) is 6.94. The van der Waals surface area contributed by atoms with Crippen molar-refractivity contribution in [1.29, 1.82) is 0 Å². The number of hydrogen-bond acceptors (Lipinski definition) is 6. The fraction of sp³-hybridized carbons (Fsp3) is 0.0625. The normalized spacial score (nSPS) is 10.2. The number of pyridine rings is 2. The smallest absolute Gasteiger partial charge is 0.275 e. The van der Waals surface area contributed by atoms with E-state index in [-0.39, 0.29) is 11.5 Å². The number of hydrogen-bond donors (Lipinski definition) is 1. The second kappa shape index (κ2) is 6.78. The van der Waals surface area contributed by atoms with Gasteiger partial charge in [-0.15, -0.1) is 0 Å². The summed E-state index contributed by atoms with van der Waals surface area (Å²) in [7, 11) is 0. The molecule has 3 rings (SSSR count). The Bertz CT molecular complexity index is 873. The minimum atomic E-state index is -0.522. The summed E-state index contributed by atoms with van der Waals surface area (Å²) >= 11 is 0. The molecule has 7 nitrogen and oxygen atoms in total. The summed E-state index contributed by atoms with van der Waals surface area (Å²) in [6.07, 6.45) is 5.65. The van der Waals surface area contributed by atoms with Gasteiger partial charge in [0.15, 0.2) is 5.75 Å². The largest absolute Gasteiger partial charge is 0.454 e. The summed E-state index contributed by atoms with van der Waals surface area (Å²) in [6.45, 7) is 1.73. The highest BCUT2D eigenvalue weighted by Crippen LogP contribution is 2.21. The monoisotopic (exact) mass is 325 g/mol. The Kier molecular flexibility index (Phi) is 4.37. The fourth-order valence-electron chi connectivity index (χ4n) is 1.94. The minimum Gasteiger partial charge on any atom is -0.454 e. The first kappa shape index (κ1) is 15.5. The van der Waals surface area contributed by atoms with E-state index in [4.69, 9.17) is 4.74 Å². The zero-order valence-electron chi connectivity index (χ0n) is 12.6. The number of aryl methyl sites for hydroxylation is 1. The number of halogens is 1. The molecule has 0 saturated heterocycles. The van der Waals surface area contributed by atoms with Crippen LogP contribution < -0.4 is 10.1 Å². The number of anilines is 1. The molecule has 1 amide bonds. The standard InChI is InChI=1S/C16H12FN5O2/c1-10-4-12(24-13-7-18-9-19-8-13)6-14(21-10)16(23)22-15-5-11(17)2-3-20-15/h2-9H,1H3,(H,20,22,23). The van der Waals surface area contributed by atoms with Crippen molar-refractivity contribution in [2.24, 2.45) is 0 Å². The number of aromatic nitrogens is 4. The van der Waals surface area contributed by atoms with E-state index in [9.17, 15) is 9.18 Å². The van der Waals surface area contributed by atoms with Gasteiger partial charge in [-0.3, -0.25) is 4.79 Å². The second-order valence-corrected chi connectivity index (χ2v) is 4.82. The Morgan fingerprint density at radius 2 is 1.96 bits per heavy atom. The number of amides is 1. The molecule has 0 aromatic carbocycles. The van der Waals surface area contributed by atoms with Crippen molar-refractivity contribution in [2.75, 3.05) is 5.32 Å². The predicted octanol–water partition coefficient (Wildman–Crippen LogP) is 2.76. The van der Waals surface area contributed by atoms with Gasteiger partial charge in [0.25, 0.3) is 5.91 Å². The third kappa shape index (κ3) is 3.86. The fourth-order valence-corrected chi connectivity index (χ4v) is 1.94. The maximum atomic E-state index is 13.2. The van der Waals surface area contributed by atoms with Gasteiger partial charge in [-0.2, -0.15) is 0 Å². The molecule has 0 spiro atoms. The Labute approximate surface area is 136 Å². The van der Waals surface area contributed by atoms with Crippen molar-refractivity contribution in [1.82, 2.24) is 19.9 Å². The first-order chi connectivity index (χ1) is 11.6. The van der Waals surface area contributed by atoms with E-state index in [1.807, 2.05) is 0 Å². The van der Waals surface area contributed by atoms with Crippen molar-refractivity contribution in [2.45, 2.75) is 6.92 Å². The molecule has 0 unspecified atom stereocenters. The van der Waals surface area contributed by atoms with Crippen LogP contribution in [0, 0.1) is 12.7 Å². The first-order valence-electron chi connectivity index (χ1n) is 6.94. The van der Waals surface area contributed by atoms with Crippen LogP contribution in [0.25, 0.3) is 0 Å². The zero-order valence-corrected chi connectivity index (χ0v) is 12.6. The molecule has 0 aliphatic rings. The lowest BCUT2D eigenvalue weighted by atomic mass is 10.2. The van der Waals surface area contributed by atoms with Gasteiger partial charge in [-0.25, -0.2) is 24.3 Å². The van der Waals surface area contributed by atoms with Crippen molar-refractivity contribution < 1.29 is 13.9 Å². The van der Waals surface area contributed by atoms with E-state index >= 15 is 0 Å². The maximum Gasteiger partial charge on any atom is 0.275 e. The summed E-state index contributed by atoms with van der Waals surface area (Å²) < 4.78 is 18.8. The number of rotatable bonds is 4. The lowest BCUT2D eigenvalue weighted by Crippen LogP contribution is -2.15. The third-order valence-electron chi connectivity index (χ3n) is 2.90. The molecular weight excluding hydrogens is 313 g/mol. The maximum absolute atomic E-state index is 13.2. The molecule has 3 heterocycles. The van der Waals surface area contributed by atoms with Crippen LogP contribution in [0.3, 0.4) is 0 Å². The highest BCUT2D eigenvalue weighted by atomic mass is 19.1. The van der Waals surface area contributed by atoms with Crippen LogP contribution in [-0.2, 0) is 0 Å². The quantitative estimate of drug-likeness (QED) is 0.793. The molecule has 0 aliphatic heterocycles. The van der Waals surface area contributed by atoms with Crippen LogP contribution in [0.1, 0.15) is 16.2 Å². The molecule has 0 aliphatic carbocycles. The van der Waals surface area contributed by atoms with E-state index in [2.05, 4.69) is 25.3 Å². The minimum absolute atomic E-state index is 0.0993. The van der Waals surface area contributed by atoms with Crippen molar-refractivity contribution in [3.05, 3.63) is 66.4 Å². The lowest BCUT2D eigenvalue weighted by molar-refractivity contribution is 0.102. The topological polar surface area (TPSA) is 89.9 Å². The van der Waals surface area contributed by atoms with Crippen LogP contribution in [0.4, 0.5) is 10.2 Å². The van der Waals surface area contributed by atoms with Crippen LogP contribution in [0.15, 0.2) is 49.2 Å². The van der Waals surface area contributed by atoms with E-state index in [0.717, 1.165) is 6.07 Å². The SMILES string of the molecule is Cc1cc(Oc2cncnc2)cc(C(=O)Nc2cc(F)ccn2)n1. The van der Waals surface area contributed by atoms with E-state index < -0.39 is 11.7 Å². The number of nitrogens with zero attached hydrogens (tertiary/aromatic N) is 4. The summed E-state index contributed by atoms with van der Waals surface area (Å²) in [5, 5.41) is 2.48. The highest BCUT2D eigenvalue weighted by molar-refractivity contribution is 6.02. The van der Waals surface area contributed by atoms with Crippen LogP contribution in [0.5, 0.6) is 11.5 Å². The summed E-state index contributed by atoms with van der Waals surface area (Å²) in [5.41, 5.74) is 0.703. The molecule has 1 N–H and O–H groups in total. The van der Waals surface area contributed by atoms with E-state index in [0.29, 0.717) is 17.2 Å². The van der Waals surface area contributed by atoms with Gasteiger partial charge in [-0.05, 0) is 13.0 Å². The van der Waals surface area contributed by atoms with Crippen LogP contribution >= 0.6 is 0 Å². The molecule has 24 heavy (non-hydrogen) atoms. The van der Waals surface area contributed by atoms with E-state index in [1.165, 1.54) is 37.1 Å². The van der Waals surface area contributed by atoms with Crippen LogP contribution in [-0.4, -0.2) is 25.8 Å². The van der Waals surface area contributed by atoms with Gasteiger partial charge in [0.05, 0.1) is 12.4 Å². The molecule has 120 valence electrons. The van der Waals surface area contributed by atoms with E-state index in [1.54, 1.807) is 13.0 Å². The average Bonchev–Trinajstić information content (AvgIpc) is 2.55. The number of carbonyl (C=O) groups excluding carboxylic acids is 1. The second-order valence-electron chi connectivity index (χ2n) is 4.82. The molecule has 8 heteroatoms. The molecule has 0 bridgehead atoms. The Hall–Kier alpha value is -3.42. The van der Waals surface area contributed by atoms with Gasteiger partial charge < -0.3 is 10.1 Å². The lowest BCUT2D eigenvalue weighted by Gasteiger charge is -2.08. The zero-order chi connectivity index (χ0) is 16.9. The Balaban J connectivity index is 1.81. The van der Waals surface area contributed by atoms with Crippen molar-refractivity contribution >= 4 is 11.7 Å². The van der Waals surface area contributed by atoms with Gasteiger partial charge in [0.1, 0.15) is 29.4 Å². The Morgan fingerprint density at radius 1 is 1.17 bits per heavy atom. The Morgan fingerprint density at radius 3 is 2.71 bits per heavy atom. The third-order valence-corrected chi connectivity index (χ3v) is 2.90. The molecule has 0 fully saturated rings. The molecule has 3 aromatic rings. The van der Waals surface area contributed by atoms with Gasteiger partial charge in [-0.1, -0.05) is 0 Å². The van der Waals surface area contributed by atoms with Crippen LogP contribution in [0.2, 0.25) is 0 Å². The summed E-state index contributed by atoms with van der Waals surface area (Å²) in [6, 6.07) is 5.44. The summed E-state index contributed by atoms with van der Waals surface area (Å²) in [5.74, 6) is -0.0743. The number of nitrogens with one attached hydrogen (secondary N) is 1. The average molecular weight is 325 g/mol. The van der Waals surface area contributed by atoms with Gasteiger partial charge >= 0.3 is 0 Å². The molecule has 3 aromatic heterocycles. The van der Waals surface area contributed by atoms with Crippen molar-refractivity contribution in [3.63, 3.8) is 0 Å². The predicted molar refractivity (Wildman–Crippen MR) is 83.2 cm³/mol. The molecule has 0 radical (unpaired) electrons. The van der Waals surface area contributed by atoms with Gasteiger partial charge in [0, 0.05) is 30.1 Å². The molecule has 0 saturated carbocycles. The highest BCUT2D eigenvalue weighted by Gasteiger charge is 2.12. The van der Waals surface area contributed by atoms with Gasteiger partial charge in [0.2, 0.25) is 0 Å². The molecular formula is C16H12FN5O2. The summed E-state index contributed by atoms with van der Waals surface area (Å²) in [4.78, 5) is 28.0. The molecule has 0 atom stereocenters. The number of carbonyl (C=O) groups is 1. The van der Waals surface area contributed by atoms with Crippen molar-refractivity contribution in [3.8, 4) is 11.5 Å².